The molecule has 0 aromatic heterocycles. The predicted molar refractivity (Wildman–Crippen MR) is 87.1 cm³/mol. The number of esters is 1. The van der Waals surface area contributed by atoms with Crippen molar-refractivity contribution in [1.82, 2.24) is 0 Å². The van der Waals surface area contributed by atoms with E-state index in [9.17, 15) is 4.79 Å². The summed E-state index contributed by atoms with van der Waals surface area (Å²) < 4.78 is 15.9. The molecular formula is C18H26O4. The second-order valence-electron chi connectivity index (χ2n) is 5.12. The minimum Gasteiger partial charge on any atom is -0.494 e. The zero-order valence-electron chi connectivity index (χ0n) is 13.6. The van der Waals surface area contributed by atoms with E-state index in [0.29, 0.717) is 25.4 Å². The van der Waals surface area contributed by atoms with E-state index < -0.39 is 0 Å². The summed E-state index contributed by atoms with van der Waals surface area (Å²) in [6.07, 6.45) is 3.05. The molecule has 0 aliphatic rings. The number of hydrogen-bond acceptors (Lipinski definition) is 4. The van der Waals surface area contributed by atoms with E-state index in [4.69, 9.17) is 14.2 Å². The van der Waals surface area contributed by atoms with Crippen LogP contribution in [0.25, 0.3) is 0 Å². The predicted octanol–water partition coefficient (Wildman–Crippen LogP) is 3.54. The van der Waals surface area contributed by atoms with Crippen molar-refractivity contribution >= 4 is 5.97 Å². The number of hydrogen-bond donors (Lipinski definition) is 0. The maximum atomic E-state index is 11.1. The Balaban J connectivity index is 2.01. The van der Waals surface area contributed by atoms with Gasteiger partial charge in [0.1, 0.15) is 12.4 Å². The number of aryl methyl sites for hydroxylation is 1. The summed E-state index contributed by atoms with van der Waals surface area (Å²) in [6.45, 7) is 9.14. The van der Waals surface area contributed by atoms with Gasteiger partial charge in [0.2, 0.25) is 0 Å². The van der Waals surface area contributed by atoms with Gasteiger partial charge in [-0.3, -0.25) is 0 Å². The Morgan fingerprint density at radius 1 is 1.09 bits per heavy atom. The first-order valence-electron chi connectivity index (χ1n) is 7.75. The molecule has 1 aromatic rings. The summed E-state index contributed by atoms with van der Waals surface area (Å²) in [5, 5.41) is 0. The fraction of sp³-hybridized carbons (Fsp3) is 0.500. The largest absolute Gasteiger partial charge is 0.494 e. The summed E-state index contributed by atoms with van der Waals surface area (Å²) in [6, 6.07) is 8.21. The average molecular weight is 306 g/mol. The molecule has 0 aliphatic carbocycles. The van der Waals surface area contributed by atoms with Gasteiger partial charge in [0, 0.05) is 18.6 Å². The molecule has 0 spiro atoms. The lowest BCUT2D eigenvalue weighted by Gasteiger charge is -2.08. The van der Waals surface area contributed by atoms with Crippen molar-refractivity contribution < 1.29 is 19.0 Å². The van der Waals surface area contributed by atoms with Gasteiger partial charge in [0.15, 0.2) is 0 Å². The maximum Gasteiger partial charge on any atom is 0.333 e. The van der Waals surface area contributed by atoms with Crippen LogP contribution in [0.15, 0.2) is 36.4 Å². The van der Waals surface area contributed by atoms with Crippen LogP contribution in [0, 0.1) is 0 Å². The molecule has 0 heterocycles. The van der Waals surface area contributed by atoms with Gasteiger partial charge in [-0.2, -0.15) is 0 Å². The van der Waals surface area contributed by atoms with Gasteiger partial charge in [0.05, 0.1) is 13.2 Å². The van der Waals surface area contributed by atoms with E-state index in [0.717, 1.165) is 25.0 Å². The van der Waals surface area contributed by atoms with E-state index in [1.54, 1.807) is 6.92 Å². The van der Waals surface area contributed by atoms with Crippen LogP contribution < -0.4 is 4.74 Å². The summed E-state index contributed by atoms with van der Waals surface area (Å²) in [5.41, 5.74) is 1.74. The Labute approximate surface area is 133 Å². The summed E-state index contributed by atoms with van der Waals surface area (Å²) in [7, 11) is 0. The number of carbonyl (C=O) groups is 1. The number of benzene rings is 1. The van der Waals surface area contributed by atoms with Crippen LogP contribution in [0.2, 0.25) is 0 Å². The van der Waals surface area contributed by atoms with Crippen LogP contribution in [-0.4, -0.2) is 32.4 Å². The van der Waals surface area contributed by atoms with Crippen LogP contribution in [0.3, 0.4) is 0 Å². The standard InChI is InChI=1S/C18H26O4/c1-4-6-16-7-9-17(10-8-16)21-12-5-11-20-13-14-22-18(19)15(2)3/h7-10H,2,4-6,11-14H2,1,3H3. The van der Waals surface area contributed by atoms with Crippen molar-refractivity contribution in [2.75, 3.05) is 26.4 Å². The van der Waals surface area contributed by atoms with Crippen molar-refractivity contribution in [3.05, 3.63) is 42.0 Å². The maximum absolute atomic E-state index is 11.1. The highest BCUT2D eigenvalue weighted by molar-refractivity contribution is 5.86. The lowest BCUT2D eigenvalue weighted by molar-refractivity contribution is -0.140. The molecule has 0 unspecified atom stereocenters. The number of carbonyl (C=O) groups excluding carboxylic acids is 1. The minimum atomic E-state index is -0.376. The Hall–Kier alpha value is -1.81. The molecule has 0 fully saturated rings. The van der Waals surface area contributed by atoms with Crippen LogP contribution in [-0.2, 0) is 20.7 Å². The van der Waals surface area contributed by atoms with E-state index in [1.165, 1.54) is 5.56 Å². The Morgan fingerprint density at radius 3 is 2.45 bits per heavy atom. The molecular weight excluding hydrogens is 280 g/mol. The first kappa shape index (κ1) is 18.2. The molecule has 0 N–H and O–H groups in total. The van der Waals surface area contributed by atoms with E-state index in [1.807, 2.05) is 12.1 Å². The summed E-state index contributed by atoms with van der Waals surface area (Å²) in [5.74, 6) is 0.508. The highest BCUT2D eigenvalue weighted by Crippen LogP contribution is 2.13. The molecule has 0 atom stereocenters. The zero-order valence-corrected chi connectivity index (χ0v) is 13.6. The van der Waals surface area contributed by atoms with Crippen molar-refractivity contribution in [3.8, 4) is 5.75 Å². The normalized spacial score (nSPS) is 10.3. The third-order valence-corrected chi connectivity index (χ3v) is 2.97. The molecule has 0 saturated carbocycles. The second kappa shape index (κ2) is 10.9. The molecule has 0 saturated heterocycles. The van der Waals surface area contributed by atoms with Gasteiger partial charge < -0.3 is 14.2 Å². The van der Waals surface area contributed by atoms with Gasteiger partial charge >= 0.3 is 5.97 Å². The first-order valence-corrected chi connectivity index (χ1v) is 7.75. The van der Waals surface area contributed by atoms with E-state index in [-0.39, 0.29) is 12.6 Å². The molecule has 0 bridgehead atoms. The van der Waals surface area contributed by atoms with Crippen LogP contribution >= 0.6 is 0 Å². The summed E-state index contributed by atoms with van der Waals surface area (Å²) in [4.78, 5) is 11.1. The third kappa shape index (κ3) is 7.84. The highest BCUT2D eigenvalue weighted by Gasteiger charge is 2.01. The smallest absolute Gasteiger partial charge is 0.333 e. The lowest BCUT2D eigenvalue weighted by atomic mass is 10.1. The van der Waals surface area contributed by atoms with E-state index >= 15 is 0 Å². The molecule has 0 radical (unpaired) electrons. The molecule has 4 nitrogen and oxygen atoms in total. The highest BCUT2D eigenvalue weighted by atomic mass is 16.6. The van der Waals surface area contributed by atoms with Gasteiger partial charge in [-0.15, -0.1) is 0 Å². The van der Waals surface area contributed by atoms with Crippen molar-refractivity contribution in [3.63, 3.8) is 0 Å². The van der Waals surface area contributed by atoms with Crippen LogP contribution in [0.4, 0.5) is 0 Å². The third-order valence-electron chi connectivity index (χ3n) is 2.97. The SMILES string of the molecule is C=C(C)C(=O)OCCOCCCOc1ccc(CCC)cc1. The Morgan fingerprint density at radius 2 is 1.82 bits per heavy atom. The quantitative estimate of drug-likeness (QED) is 0.356. The zero-order chi connectivity index (χ0) is 16.2. The molecule has 0 aliphatic heterocycles. The summed E-state index contributed by atoms with van der Waals surface area (Å²) >= 11 is 0. The topological polar surface area (TPSA) is 44.8 Å². The average Bonchev–Trinajstić information content (AvgIpc) is 2.51. The van der Waals surface area contributed by atoms with Gasteiger partial charge in [-0.1, -0.05) is 32.1 Å². The van der Waals surface area contributed by atoms with Crippen LogP contribution in [0.1, 0.15) is 32.3 Å². The molecule has 1 aromatic carbocycles. The molecule has 4 heteroatoms. The van der Waals surface area contributed by atoms with Gasteiger partial charge in [-0.25, -0.2) is 4.79 Å². The monoisotopic (exact) mass is 306 g/mol. The second-order valence-corrected chi connectivity index (χ2v) is 5.12. The fourth-order valence-corrected chi connectivity index (χ4v) is 1.81. The van der Waals surface area contributed by atoms with E-state index in [2.05, 4.69) is 25.6 Å². The minimum absolute atomic E-state index is 0.255. The molecule has 1 rings (SSSR count). The van der Waals surface area contributed by atoms with Gasteiger partial charge in [-0.05, 0) is 31.0 Å². The number of ether oxygens (including phenoxy) is 3. The Bertz CT molecular complexity index is 451. The fourth-order valence-electron chi connectivity index (χ4n) is 1.81. The molecule has 0 amide bonds. The van der Waals surface area contributed by atoms with Crippen molar-refractivity contribution in [2.24, 2.45) is 0 Å². The Kier molecular flexibility index (Phi) is 9.00. The van der Waals surface area contributed by atoms with Gasteiger partial charge in [0.25, 0.3) is 0 Å². The lowest BCUT2D eigenvalue weighted by Crippen LogP contribution is -2.12. The van der Waals surface area contributed by atoms with Crippen molar-refractivity contribution in [2.45, 2.75) is 33.1 Å². The van der Waals surface area contributed by atoms with Crippen LogP contribution in [0.5, 0.6) is 5.75 Å². The molecule has 22 heavy (non-hydrogen) atoms. The number of rotatable bonds is 11. The first-order chi connectivity index (χ1) is 10.6. The molecule has 122 valence electrons. The van der Waals surface area contributed by atoms with Crippen molar-refractivity contribution in [1.29, 1.82) is 0 Å².